The fourth-order valence-electron chi connectivity index (χ4n) is 1.63. The molecule has 18 heavy (non-hydrogen) atoms. The molecule has 0 fully saturated rings. The van der Waals surface area contributed by atoms with Gasteiger partial charge in [-0.25, -0.2) is 4.98 Å². The van der Waals surface area contributed by atoms with Crippen molar-refractivity contribution < 1.29 is 9.84 Å². The van der Waals surface area contributed by atoms with Crippen LogP contribution in [-0.2, 0) is 16.7 Å². The van der Waals surface area contributed by atoms with E-state index in [-0.39, 0.29) is 5.41 Å². The Bertz CT molecular complexity index is 360. The van der Waals surface area contributed by atoms with Gasteiger partial charge in [-0.15, -0.1) is 11.3 Å². The smallest absolute Gasteiger partial charge is 0.107 e. The number of ether oxygens (including phenoxy) is 1. The average Bonchev–Trinajstić information content (AvgIpc) is 2.65. The highest BCUT2D eigenvalue weighted by Crippen LogP contribution is 2.24. The minimum absolute atomic E-state index is 0.100. The van der Waals surface area contributed by atoms with Crippen molar-refractivity contribution in [1.29, 1.82) is 0 Å². The van der Waals surface area contributed by atoms with Crippen LogP contribution in [0.3, 0.4) is 0 Å². The van der Waals surface area contributed by atoms with Crippen LogP contribution in [-0.4, -0.2) is 48.4 Å². The zero-order valence-corrected chi connectivity index (χ0v) is 12.8. The number of aliphatic hydroxyl groups is 1. The van der Waals surface area contributed by atoms with Crippen LogP contribution < -0.4 is 0 Å². The first kappa shape index (κ1) is 15.6. The molecule has 4 nitrogen and oxygen atoms in total. The molecule has 1 aromatic rings. The molecule has 0 bridgehead atoms. The van der Waals surface area contributed by atoms with E-state index in [1.54, 1.807) is 18.4 Å². The van der Waals surface area contributed by atoms with Crippen LogP contribution in [0.5, 0.6) is 0 Å². The summed E-state index contributed by atoms with van der Waals surface area (Å²) in [4.78, 5) is 6.70. The minimum atomic E-state index is -0.443. The second-order valence-electron chi connectivity index (χ2n) is 5.68. The number of methoxy groups -OCH3 is 1. The number of nitrogens with zero attached hydrogens (tertiary/aromatic N) is 2. The molecule has 5 heteroatoms. The second-order valence-corrected chi connectivity index (χ2v) is 6.63. The number of aromatic nitrogens is 1. The van der Waals surface area contributed by atoms with Crippen molar-refractivity contribution >= 4 is 11.3 Å². The second kappa shape index (κ2) is 6.61. The molecule has 1 rings (SSSR count). The summed E-state index contributed by atoms with van der Waals surface area (Å²) in [5.74, 6) is 0. The molecule has 1 aromatic heterocycles. The Morgan fingerprint density at radius 1 is 1.50 bits per heavy atom. The molecular weight excluding hydrogens is 248 g/mol. The van der Waals surface area contributed by atoms with E-state index in [1.807, 2.05) is 7.05 Å². The number of thiazole rings is 1. The standard InChI is InChI=1S/C13H24N2O2S/c1-13(2,3)11-9-18-12(14-11)7-15(4)6-10(16)8-17-5/h9-10,16H,6-8H2,1-5H3. The molecule has 0 aliphatic carbocycles. The Morgan fingerprint density at radius 3 is 2.67 bits per heavy atom. The van der Waals surface area contributed by atoms with Crippen LogP contribution in [0.15, 0.2) is 5.38 Å². The third-order valence-corrected chi connectivity index (χ3v) is 3.44. The fraction of sp³-hybridized carbons (Fsp3) is 0.769. The summed E-state index contributed by atoms with van der Waals surface area (Å²) in [7, 11) is 3.58. The first-order valence-electron chi connectivity index (χ1n) is 6.13. The van der Waals surface area contributed by atoms with Gasteiger partial charge < -0.3 is 9.84 Å². The maximum atomic E-state index is 9.65. The summed E-state index contributed by atoms with van der Waals surface area (Å²) in [6.07, 6.45) is -0.443. The van der Waals surface area contributed by atoms with E-state index in [2.05, 4.69) is 36.0 Å². The lowest BCUT2D eigenvalue weighted by molar-refractivity contribution is 0.0418. The molecule has 0 saturated carbocycles. The van der Waals surface area contributed by atoms with Crippen LogP contribution in [0.1, 0.15) is 31.5 Å². The summed E-state index contributed by atoms with van der Waals surface area (Å²) >= 11 is 1.68. The third-order valence-electron chi connectivity index (χ3n) is 2.61. The molecule has 1 N–H and O–H groups in total. The molecule has 1 unspecified atom stereocenters. The largest absolute Gasteiger partial charge is 0.389 e. The quantitative estimate of drug-likeness (QED) is 0.859. The predicted molar refractivity (Wildman–Crippen MR) is 75.0 cm³/mol. The summed E-state index contributed by atoms with van der Waals surface area (Å²) in [6, 6.07) is 0. The maximum absolute atomic E-state index is 9.65. The highest BCUT2D eigenvalue weighted by Gasteiger charge is 2.18. The number of likely N-dealkylation sites (N-methyl/N-ethyl adjacent to an activating group) is 1. The predicted octanol–water partition coefficient (Wildman–Crippen LogP) is 1.88. The minimum Gasteiger partial charge on any atom is -0.389 e. The summed E-state index contributed by atoms with van der Waals surface area (Å²) < 4.78 is 4.91. The van der Waals surface area contributed by atoms with Crippen molar-refractivity contribution in [1.82, 2.24) is 9.88 Å². The molecule has 104 valence electrons. The Hall–Kier alpha value is -0.490. The van der Waals surface area contributed by atoms with Crippen molar-refractivity contribution in [3.63, 3.8) is 0 Å². The number of hydrogen-bond donors (Lipinski definition) is 1. The van der Waals surface area contributed by atoms with Crippen LogP contribution in [0.4, 0.5) is 0 Å². The monoisotopic (exact) mass is 272 g/mol. The van der Waals surface area contributed by atoms with Crippen LogP contribution in [0.2, 0.25) is 0 Å². The van der Waals surface area contributed by atoms with E-state index in [0.29, 0.717) is 13.2 Å². The van der Waals surface area contributed by atoms with E-state index < -0.39 is 6.10 Å². The van der Waals surface area contributed by atoms with E-state index in [1.165, 1.54) is 0 Å². The lowest BCUT2D eigenvalue weighted by Gasteiger charge is -2.19. The van der Waals surface area contributed by atoms with Crippen LogP contribution >= 0.6 is 11.3 Å². The zero-order valence-electron chi connectivity index (χ0n) is 11.9. The molecule has 0 aliphatic rings. The average molecular weight is 272 g/mol. The van der Waals surface area contributed by atoms with Gasteiger partial charge in [0, 0.05) is 24.4 Å². The van der Waals surface area contributed by atoms with E-state index in [9.17, 15) is 5.11 Å². The normalized spacial score (nSPS) is 14.2. The van der Waals surface area contributed by atoms with Gasteiger partial charge in [0.25, 0.3) is 0 Å². The topological polar surface area (TPSA) is 45.6 Å². The van der Waals surface area contributed by atoms with Crippen LogP contribution in [0, 0.1) is 0 Å². The maximum Gasteiger partial charge on any atom is 0.107 e. The summed E-state index contributed by atoms with van der Waals surface area (Å²) in [5.41, 5.74) is 1.23. The number of aliphatic hydroxyl groups excluding tert-OH is 1. The Balaban J connectivity index is 2.49. The molecule has 1 atom stereocenters. The van der Waals surface area contributed by atoms with Crippen LogP contribution in [0.25, 0.3) is 0 Å². The van der Waals surface area contributed by atoms with Gasteiger partial charge in [0.05, 0.1) is 24.9 Å². The number of hydrogen-bond acceptors (Lipinski definition) is 5. The molecule has 0 aliphatic heterocycles. The van der Waals surface area contributed by atoms with Crippen molar-refractivity contribution in [2.75, 3.05) is 27.3 Å². The van der Waals surface area contributed by atoms with Gasteiger partial charge in [-0.3, -0.25) is 4.90 Å². The van der Waals surface area contributed by atoms with Crippen molar-refractivity contribution in [3.05, 3.63) is 16.1 Å². The van der Waals surface area contributed by atoms with Gasteiger partial charge in [-0.1, -0.05) is 20.8 Å². The lowest BCUT2D eigenvalue weighted by Crippen LogP contribution is -2.31. The third kappa shape index (κ3) is 5.02. The molecule has 1 heterocycles. The molecule has 0 saturated heterocycles. The summed E-state index contributed by atoms with van der Waals surface area (Å²) in [6.45, 7) is 8.23. The fourth-order valence-corrected chi connectivity index (χ4v) is 2.73. The lowest BCUT2D eigenvalue weighted by atomic mass is 9.93. The molecule has 0 amide bonds. The van der Waals surface area contributed by atoms with Gasteiger partial charge in [-0.2, -0.15) is 0 Å². The Kier molecular flexibility index (Phi) is 5.72. The molecular formula is C13H24N2O2S. The van der Waals surface area contributed by atoms with Gasteiger partial charge in [-0.05, 0) is 7.05 Å². The van der Waals surface area contributed by atoms with Gasteiger partial charge >= 0.3 is 0 Å². The van der Waals surface area contributed by atoms with E-state index >= 15 is 0 Å². The molecule has 0 spiro atoms. The number of rotatable bonds is 6. The van der Waals surface area contributed by atoms with Crippen molar-refractivity contribution in [3.8, 4) is 0 Å². The first-order valence-corrected chi connectivity index (χ1v) is 7.01. The van der Waals surface area contributed by atoms with Gasteiger partial charge in [0.2, 0.25) is 0 Å². The zero-order chi connectivity index (χ0) is 13.8. The van der Waals surface area contributed by atoms with Crippen molar-refractivity contribution in [2.45, 2.75) is 38.8 Å². The van der Waals surface area contributed by atoms with E-state index in [0.717, 1.165) is 17.2 Å². The SMILES string of the molecule is COCC(O)CN(C)Cc1nc(C(C)(C)C)cs1. The van der Waals surface area contributed by atoms with Gasteiger partial charge in [0.15, 0.2) is 0 Å². The van der Waals surface area contributed by atoms with Crippen molar-refractivity contribution in [2.24, 2.45) is 0 Å². The highest BCUT2D eigenvalue weighted by atomic mass is 32.1. The molecule has 0 aromatic carbocycles. The Morgan fingerprint density at radius 2 is 2.17 bits per heavy atom. The van der Waals surface area contributed by atoms with E-state index in [4.69, 9.17) is 4.74 Å². The first-order chi connectivity index (χ1) is 8.32. The Labute approximate surface area is 114 Å². The summed E-state index contributed by atoms with van der Waals surface area (Å²) in [5, 5.41) is 12.9. The molecule has 0 radical (unpaired) electrons. The highest BCUT2D eigenvalue weighted by molar-refractivity contribution is 7.09. The van der Waals surface area contributed by atoms with Gasteiger partial charge in [0.1, 0.15) is 5.01 Å².